The number of halogens is 4. The molecule has 4 N–H and O–H groups in total. The van der Waals surface area contributed by atoms with Crippen LogP contribution in [0.1, 0.15) is 10.4 Å². The Labute approximate surface area is 139 Å². The normalized spacial score (nSPS) is 12.2. The molecule has 0 radical (unpaired) electrons. The van der Waals surface area contributed by atoms with Crippen LogP contribution in [-0.4, -0.2) is 42.3 Å². The van der Waals surface area contributed by atoms with Gasteiger partial charge in [0.1, 0.15) is 11.4 Å². The number of alkyl halides is 3. The summed E-state index contributed by atoms with van der Waals surface area (Å²) in [6.45, 7) is -0.881. The number of nitrogens with two attached hydrogens (primary N) is 1. The Balaban J connectivity index is 2.93. The highest BCUT2D eigenvalue weighted by Crippen LogP contribution is 2.22. The first-order chi connectivity index (χ1) is 11.1. The van der Waals surface area contributed by atoms with Crippen molar-refractivity contribution in [2.45, 2.75) is 6.18 Å². The number of pyridine rings is 1. The molecule has 1 heterocycles. The molecule has 0 aromatic carbocycles. The minimum atomic E-state index is -5.12. The lowest BCUT2D eigenvalue weighted by molar-refractivity contribution is -0.138. The number of carbonyl (C=O) groups excluding carboxylic acids is 2. The van der Waals surface area contributed by atoms with Crippen LogP contribution in [0.15, 0.2) is 29.9 Å². The maximum absolute atomic E-state index is 12.6. The van der Waals surface area contributed by atoms with E-state index in [4.69, 9.17) is 22.7 Å². The van der Waals surface area contributed by atoms with Crippen molar-refractivity contribution < 1.29 is 27.5 Å². The van der Waals surface area contributed by atoms with E-state index in [0.29, 0.717) is 0 Å². The lowest BCUT2D eigenvalue weighted by atomic mass is 10.1. The van der Waals surface area contributed by atoms with Gasteiger partial charge >= 0.3 is 12.1 Å². The summed E-state index contributed by atoms with van der Waals surface area (Å²) in [6, 6.07) is 1.26. The Kier molecular flexibility index (Phi) is 6.29. The number of rotatable bonds is 6. The van der Waals surface area contributed by atoms with E-state index in [-0.39, 0.29) is 10.6 Å². The van der Waals surface area contributed by atoms with Crippen LogP contribution in [0.5, 0.6) is 0 Å². The van der Waals surface area contributed by atoms with Gasteiger partial charge in [-0.05, 0) is 6.07 Å². The highest BCUT2D eigenvalue weighted by molar-refractivity contribution is 6.34. The van der Waals surface area contributed by atoms with Crippen LogP contribution in [0.4, 0.5) is 13.2 Å². The molecule has 0 aliphatic heterocycles. The summed E-state index contributed by atoms with van der Waals surface area (Å²) in [6.07, 6.45) is -2.67. The van der Waals surface area contributed by atoms with Gasteiger partial charge in [-0.1, -0.05) is 11.6 Å². The Morgan fingerprint density at radius 1 is 1.46 bits per heavy atom. The van der Waals surface area contributed by atoms with E-state index in [1.165, 1.54) is 18.5 Å². The molecule has 7 nitrogen and oxygen atoms in total. The molecule has 130 valence electrons. The quantitative estimate of drug-likeness (QED) is 0.304. The standard InChI is InChI=1S/C13H12ClF3N4O3/c1-20-11(19)9(10(18)13(15,16)17)12(23)24-5-8(22)6-2-3-21-4-7(6)14/h2-4,18,20H,5,19H2,1H3/b11-9+,18-10?. The number of nitrogens with one attached hydrogen (secondary N) is 2. The van der Waals surface area contributed by atoms with Crippen molar-refractivity contribution >= 4 is 29.1 Å². The molecule has 11 heteroatoms. The number of carbonyl (C=O) groups is 2. The molecule has 1 rings (SSSR count). The molecule has 0 atom stereocenters. The van der Waals surface area contributed by atoms with E-state index in [1.807, 2.05) is 0 Å². The van der Waals surface area contributed by atoms with Crippen LogP contribution < -0.4 is 11.1 Å². The fraction of sp³-hybridized carbons (Fsp3) is 0.231. The maximum Gasteiger partial charge on any atom is 0.433 e. The maximum atomic E-state index is 12.6. The fourth-order valence-corrected chi connectivity index (χ4v) is 1.72. The van der Waals surface area contributed by atoms with Crippen LogP contribution >= 0.6 is 11.6 Å². The largest absolute Gasteiger partial charge is 0.454 e. The summed E-state index contributed by atoms with van der Waals surface area (Å²) >= 11 is 5.73. The SMILES string of the molecule is CN/C(N)=C(\C(=N)C(F)(F)F)C(=O)OCC(=O)c1ccncc1Cl. The van der Waals surface area contributed by atoms with Crippen LogP contribution in [0.2, 0.25) is 5.02 Å². The Morgan fingerprint density at radius 3 is 2.58 bits per heavy atom. The zero-order valence-corrected chi connectivity index (χ0v) is 13.0. The monoisotopic (exact) mass is 364 g/mol. The van der Waals surface area contributed by atoms with E-state index in [0.717, 1.165) is 7.05 Å². The summed E-state index contributed by atoms with van der Waals surface area (Å²) in [5.74, 6) is -3.03. The number of Topliss-reactive ketones (excluding diaryl/α,β-unsaturated/α-hetero) is 1. The van der Waals surface area contributed by atoms with Crippen LogP contribution in [-0.2, 0) is 9.53 Å². The summed E-state index contributed by atoms with van der Waals surface area (Å²) in [5.41, 5.74) is 2.04. The average Bonchev–Trinajstić information content (AvgIpc) is 2.52. The Morgan fingerprint density at radius 2 is 2.08 bits per heavy atom. The van der Waals surface area contributed by atoms with Gasteiger partial charge in [0.15, 0.2) is 12.3 Å². The van der Waals surface area contributed by atoms with Gasteiger partial charge in [0, 0.05) is 25.0 Å². The molecule has 0 saturated carbocycles. The lowest BCUT2D eigenvalue weighted by Gasteiger charge is -2.14. The van der Waals surface area contributed by atoms with Crippen LogP contribution in [0.25, 0.3) is 0 Å². The van der Waals surface area contributed by atoms with Crippen molar-refractivity contribution in [3.05, 3.63) is 40.4 Å². The molecule has 0 saturated heterocycles. The van der Waals surface area contributed by atoms with Crippen molar-refractivity contribution in [1.82, 2.24) is 10.3 Å². The van der Waals surface area contributed by atoms with Gasteiger partial charge in [-0.15, -0.1) is 0 Å². The molecule has 0 unspecified atom stereocenters. The number of ketones is 1. The summed E-state index contributed by atoms with van der Waals surface area (Å²) < 4.78 is 42.4. The third-order valence-electron chi connectivity index (χ3n) is 2.68. The van der Waals surface area contributed by atoms with E-state index in [9.17, 15) is 22.8 Å². The van der Waals surface area contributed by atoms with Gasteiger partial charge in [0.05, 0.1) is 5.02 Å². The van der Waals surface area contributed by atoms with Crippen molar-refractivity contribution in [3.63, 3.8) is 0 Å². The second-order valence-corrected chi connectivity index (χ2v) is 4.67. The van der Waals surface area contributed by atoms with Gasteiger partial charge < -0.3 is 15.8 Å². The number of esters is 1. The van der Waals surface area contributed by atoms with E-state index >= 15 is 0 Å². The Bertz CT molecular complexity index is 704. The van der Waals surface area contributed by atoms with Crippen molar-refractivity contribution in [2.75, 3.05) is 13.7 Å². The molecule has 0 spiro atoms. The summed E-state index contributed by atoms with van der Waals surface area (Å²) in [7, 11) is 1.16. The molecular weight excluding hydrogens is 353 g/mol. The van der Waals surface area contributed by atoms with Gasteiger partial charge in [-0.25, -0.2) is 4.79 Å². The predicted octanol–water partition coefficient (Wildman–Crippen LogP) is 1.43. The van der Waals surface area contributed by atoms with E-state index < -0.39 is 41.6 Å². The van der Waals surface area contributed by atoms with Gasteiger partial charge in [-0.2, -0.15) is 13.2 Å². The highest BCUT2D eigenvalue weighted by Gasteiger charge is 2.41. The molecule has 0 aliphatic rings. The fourth-order valence-electron chi connectivity index (χ4n) is 1.50. The van der Waals surface area contributed by atoms with E-state index in [1.54, 1.807) is 0 Å². The molecule has 0 amide bonds. The number of nitrogens with zero attached hydrogens (tertiary/aromatic N) is 1. The van der Waals surface area contributed by atoms with Crippen molar-refractivity contribution in [2.24, 2.45) is 5.73 Å². The second-order valence-electron chi connectivity index (χ2n) is 4.27. The zero-order valence-electron chi connectivity index (χ0n) is 12.2. The molecule has 1 aromatic rings. The molecule has 0 aliphatic carbocycles. The summed E-state index contributed by atoms with van der Waals surface area (Å²) in [4.78, 5) is 27.3. The molecule has 24 heavy (non-hydrogen) atoms. The first-order valence-corrected chi connectivity index (χ1v) is 6.60. The number of aromatic nitrogens is 1. The van der Waals surface area contributed by atoms with Gasteiger partial charge in [0.2, 0.25) is 5.78 Å². The van der Waals surface area contributed by atoms with Gasteiger partial charge in [-0.3, -0.25) is 15.2 Å². The first kappa shape index (κ1) is 19.4. The van der Waals surface area contributed by atoms with Crippen molar-refractivity contribution in [1.29, 1.82) is 5.41 Å². The molecule has 0 fully saturated rings. The first-order valence-electron chi connectivity index (χ1n) is 6.23. The molecular formula is C13H12ClF3N4O3. The number of ether oxygens (including phenoxy) is 1. The third kappa shape index (κ3) is 4.69. The van der Waals surface area contributed by atoms with Crippen LogP contribution in [0, 0.1) is 5.41 Å². The topological polar surface area (TPSA) is 118 Å². The Hall–Kier alpha value is -2.62. The second kappa shape index (κ2) is 7.77. The van der Waals surface area contributed by atoms with Crippen molar-refractivity contribution in [3.8, 4) is 0 Å². The minimum absolute atomic E-state index is 0.00733. The summed E-state index contributed by atoms with van der Waals surface area (Å²) in [5, 5.41) is 9.15. The van der Waals surface area contributed by atoms with Gasteiger partial charge in [0.25, 0.3) is 0 Å². The smallest absolute Gasteiger partial charge is 0.433 e. The molecule has 0 bridgehead atoms. The minimum Gasteiger partial charge on any atom is -0.454 e. The predicted molar refractivity (Wildman–Crippen MR) is 78.6 cm³/mol. The highest BCUT2D eigenvalue weighted by atomic mass is 35.5. The van der Waals surface area contributed by atoms with E-state index in [2.05, 4.69) is 15.0 Å². The number of hydrogen-bond acceptors (Lipinski definition) is 7. The molecule has 1 aromatic heterocycles. The zero-order chi connectivity index (χ0) is 18.5. The average molecular weight is 365 g/mol. The lowest BCUT2D eigenvalue weighted by Crippen LogP contribution is -2.34. The van der Waals surface area contributed by atoms with Crippen LogP contribution in [0.3, 0.4) is 0 Å². The number of hydrogen-bond donors (Lipinski definition) is 3. The third-order valence-corrected chi connectivity index (χ3v) is 2.98.